The van der Waals surface area contributed by atoms with E-state index in [2.05, 4.69) is 351 Å². The van der Waals surface area contributed by atoms with E-state index in [1.807, 2.05) is 109 Å². The van der Waals surface area contributed by atoms with E-state index in [0.717, 1.165) is 88.7 Å². The fourth-order valence-electron chi connectivity index (χ4n) is 18.6. The Morgan fingerprint density at radius 3 is 1.29 bits per heavy atom. The number of para-hydroxylation sites is 3. The van der Waals surface area contributed by atoms with Crippen molar-refractivity contribution in [1.29, 1.82) is 0 Å². The molecule has 596 valence electrons. The molecule has 1 aliphatic carbocycles. The van der Waals surface area contributed by atoms with Gasteiger partial charge in [-0.2, -0.15) is 0 Å². The number of hydrogen-bond donors (Lipinski definition) is 0. The molecule has 6 aromatic heterocycles. The minimum absolute atomic E-state index is 0.00113. The molecule has 24 aromatic rings. The van der Waals surface area contributed by atoms with Gasteiger partial charge in [0.15, 0.2) is 34.9 Å². The third-order valence-corrected chi connectivity index (χ3v) is 25.9. The third-order valence-electron chi connectivity index (χ3n) is 24.7. The second kappa shape index (κ2) is 31.8. The molecule has 11 heteroatoms. The van der Waals surface area contributed by atoms with Crippen LogP contribution < -0.4 is 0 Å². The molecule has 0 aliphatic heterocycles. The smallest absolute Gasteiger partial charge is 0.235 e. The summed E-state index contributed by atoms with van der Waals surface area (Å²) in [6.07, 6.45) is 1.82. The van der Waals surface area contributed by atoms with Gasteiger partial charge in [-0.25, -0.2) is 39.9 Å². The van der Waals surface area contributed by atoms with E-state index >= 15 is 0 Å². The van der Waals surface area contributed by atoms with E-state index in [-0.39, 0.29) is 5.41 Å². The predicted octanol–water partition coefficient (Wildman–Crippen LogP) is 29.8. The van der Waals surface area contributed by atoms with Gasteiger partial charge >= 0.3 is 0 Å². The van der Waals surface area contributed by atoms with Crippen LogP contribution in [-0.2, 0) is 5.41 Å². The SMILES string of the molecule is CC1(C)c2ccccc2-c2cc(-c3cccc(-c4nc(-c5ccccc5)nc(-c5ccccc5)n4)c3)ccc21.c1ccc(-c2nc(-n3c4ccccc4c4c5ccccc5c5c6ccccc6sc5c43)nc3ccccc23)cc1.c1ccc2c(-c3ccc(-c4nc(-c5ccc(-c6cccc7ccccc67)cc5)nc(-c5ccnc6ccccc56)n4)cc3)cccc2c1. The summed E-state index contributed by atoms with van der Waals surface area (Å²) >= 11 is 1.86. The Balaban J connectivity index is 0.000000110. The van der Waals surface area contributed by atoms with Gasteiger partial charge in [-0.15, -0.1) is 11.3 Å². The van der Waals surface area contributed by atoms with Crippen molar-refractivity contribution >= 4 is 107 Å². The molecule has 25 rings (SSSR count). The number of pyridine rings is 1. The first-order valence-corrected chi connectivity index (χ1v) is 43.6. The van der Waals surface area contributed by atoms with Crippen LogP contribution >= 0.6 is 11.3 Å². The van der Waals surface area contributed by atoms with Gasteiger partial charge in [-0.3, -0.25) is 9.55 Å². The van der Waals surface area contributed by atoms with E-state index in [1.54, 1.807) is 0 Å². The maximum absolute atomic E-state index is 5.31. The number of benzene rings is 18. The largest absolute Gasteiger partial charge is 0.276 e. The van der Waals surface area contributed by atoms with Crippen molar-refractivity contribution in [3.8, 4) is 130 Å². The Hall–Kier alpha value is -16.5. The molecule has 0 amide bonds. The molecule has 0 bridgehead atoms. The van der Waals surface area contributed by atoms with E-state index < -0.39 is 0 Å². The molecular weight excluding hydrogens is 1570 g/mol. The number of thiophene rings is 1. The van der Waals surface area contributed by atoms with Crippen molar-refractivity contribution in [2.75, 3.05) is 0 Å². The molecule has 0 N–H and O–H groups in total. The Bertz CT molecular complexity index is 8210. The van der Waals surface area contributed by atoms with Crippen LogP contribution in [0.4, 0.5) is 0 Å². The average molecular weight is 1640 g/mol. The lowest BCUT2D eigenvalue weighted by molar-refractivity contribution is 0.660. The lowest BCUT2D eigenvalue weighted by Gasteiger charge is -2.21. The molecule has 0 atom stereocenters. The lowest BCUT2D eigenvalue weighted by atomic mass is 9.82. The number of rotatable bonds is 11. The molecule has 1 aliphatic rings. The van der Waals surface area contributed by atoms with E-state index in [0.29, 0.717) is 40.9 Å². The molecular formula is C116H76N10S. The maximum atomic E-state index is 5.31. The second-order valence-corrected chi connectivity index (χ2v) is 33.7. The summed E-state index contributed by atoms with van der Waals surface area (Å²) in [4.78, 5) is 44.9. The van der Waals surface area contributed by atoms with Gasteiger partial charge in [-0.1, -0.05) is 390 Å². The monoisotopic (exact) mass is 1640 g/mol. The fourth-order valence-corrected chi connectivity index (χ4v) is 19.8. The van der Waals surface area contributed by atoms with Gasteiger partial charge in [0, 0.05) is 87.6 Å². The van der Waals surface area contributed by atoms with Gasteiger partial charge in [0.05, 0.1) is 32.5 Å². The van der Waals surface area contributed by atoms with Gasteiger partial charge in [-0.05, 0) is 130 Å². The minimum Gasteiger partial charge on any atom is -0.276 e. The summed E-state index contributed by atoms with van der Waals surface area (Å²) in [6.45, 7) is 4.63. The molecule has 10 nitrogen and oxygen atoms in total. The maximum Gasteiger partial charge on any atom is 0.235 e. The zero-order chi connectivity index (χ0) is 84.5. The van der Waals surface area contributed by atoms with Crippen molar-refractivity contribution in [1.82, 2.24) is 49.4 Å². The predicted molar refractivity (Wildman–Crippen MR) is 526 cm³/mol. The normalized spacial score (nSPS) is 12.1. The highest BCUT2D eigenvalue weighted by molar-refractivity contribution is 7.27. The molecule has 127 heavy (non-hydrogen) atoms. The van der Waals surface area contributed by atoms with Crippen LogP contribution in [0.2, 0.25) is 0 Å². The van der Waals surface area contributed by atoms with Crippen molar-refractivity contribution in [2.45, 2.75) is 19.3 Å². The molecule has 0 unspecified atom stereocenters. The molecule has 18 aromatic carbocycles. The van der Waals surface area contributed by atoms with Gasteiger partial charge in [0.2, 0.25) is 5.95 Å². The van der Waals surface area contributed by atoms with Gasteiger partial charge in [0.1, 0.15) is 0 Å². The standard InChI is InChI=1S/C44H28N4.C36H21N3S.C36H27N3/c1-3-13-35-29(9-1)11-7-16-37(35)31-19-23-33(24-20-31)42-46-43(48-44(47-42)40-27-28-45-41-18-6-5-15-39(40)41)34-25-21-32(22-26-34)38-17-8-12-30-10-2-4-14-36(30)38;1-2-12-22(13-3-1)33-25-16-6-9-19-28(25)37-36(38-33)39-29-20-10-7-17-26(29)31-23-14-4-5-15-24(23)32-27-18-8-11-21-30(27)40-35(32)34(31)39;1-36(2)31-19-10-9-18-29(31)30-23-27(20-21-32(30)36)26-16-11-17-28(22-26)35-38-33(24-12-5-3-6-13-24)37-34(39-35)25-14-7-4-8-15-25/h1-28H;1-21H;3-23H,1-2H3. The van der Waals surface area contributed by atoms with Crippen molar-refractivity contribution in [3.05, 3.63) is 436 Å². The van der Waals surface area contributed by atoms with E-state index in [9.17, 15) is 0 Å². The van der Waals surface area contributed by atoms with Crippen LogP contribution in [0, 0.1) is 0 Å². The van der Waals surface area contributed by atoms with Crippen molar-refractivity contribution in [2.24, 2.45) is 0 Å². The lowest BCUT2D eigenvalue weighted by Crippen LogP contribution is -2.14. The Morgan fingerprint density at radius 1 is 0.244 bits per heavy atom. The minimum atomic E-state index is -0.00113. The van der Waals surface area contributed by atoms with Crippen LogP contribution in [0.5, 0.6) is 0 Å². The second-order valence-electron chi connectivity index (χ2n) is 32.6. The van der Waals surface area contributed by atoms with Crippen molar-refractivity contribution < 1.29 is 0 Å². The first-order chi connectivity index (χ1) is 62.7. The fraction of sp³-hybridized carbons (Fsp3) is 0.0259. The molecule has 0 fully saturated rings. The van der Waals surface area contributed by atoms with Crippen LogP contribution in [0.25, 0.3) is 226 Å². The highest BCUT2D eigenvalue weighted by atomic mass is 32.1. The first kappa shape index (κ1) is 75.5. The molecule has 0 saturated heterocycles. The summed E-state index contributed by atoms with van der Waals surface area (Å²) < 4.78 is 4.86. The van der Waals surface area contributed by atoms with Crippen LogP contribution in [0.1, 0.15) is 25.0 Å². The van der Waals surface area contributed by atoms with Gasteiger partial charge < -0.3 is 0 Å². The number of hydrogen-bond acceptors (Lipinski definition) is 10. The summed E-state index contributed by atoms with van der Waals surface area (Å²) in [7, 11) is 0. The summed E-state index contributed by atoms with van der Waals surface area (Å²) in [5.41, 5.74) is 24.2. The van der Waals surface area contributed by atoms with Crippen LogP contribution in [0.3, 0.4) is 0 Å². The topological polar surface area (TPSA) is 121 Å². The summed E-state index contributed by atoms with van der Waals surface area (Å²) in [6, 6.07) is 146. The molecule has 6 heterocycles. The molecule has 0 spiro atoms. The zero-order valence-corrected chi connectivity index (χ0v) is 70.1. The number of aromatic nitrogens is 10. The Kier molecular flexibility index (Phi) is 18.9. The van der Waals surface area contributed by atoms with Crippen molar-refractivity contribution in [3.63, 3.8) is 0 Å². The van der Waals surface area contributed by atoms with E-state index in [4.69, 9.17) is 39.9 Å². The van der Waals surface area contributed by atoms with Crippen LogP contribution in [0.15, 0.2) is 425 Å². The Morgan fingerprint density at radius 2 is 0.661 bits per heavy atom. The van der Waals surface area contributed by atoms with E-state index in [1.165, 1.54) is 108 Å². The first-order valence-electron chi connectivity index (χ1n) is 42.8. The quantitative estimate of drug-likeness (QED) is 0.125. The highest BCUT2D eigenvalue weighted by Crippen LogP contribution is 2.51. The summed E-state index contributed by atoms with van der Waals surface area (Å²) in [5.74, 6) is 4.55. The molecule has 0 saturated carbocycles. The van der Waals surface area contributed by atoms with Gasteiger partial charge in [0.25, 0.3) is 0 Å². The third kappa shape index (κ3) is 13.7. The number of fused-ring (bicyclic) bond motifs is 17. The summed E-state index contributed by atoms with van der Waals surface area (Å²) in [5, 5.41) is 14.6. The number of nitrogens with zero attached hydrogens (tertiary/aromatic N) is 10. The average Bonchev–Trinajstić information content (AvgIpc) is 1.53. The highest BCUT2D eigenvalue weighted by Gasteiger charge is 2.35. The van der Waals surface area contributed by atoms with Crippen LogP contribution in [-0.4, -0.2) is 49.4 Å². The Labute approximate surface area is 737 Å². The zero-order valence-electron chi connectivity index (χ0n) is 69.3. The molecule has 0 radical (unpaired) electrons.